The molecular weight excluding hydrogens is 637 g/mol. The second-order valence-corrected chi connectivity index (χ2v) is 13.7. The number of furan rings is 2. The molecule has 0 aliphatic carbocycles. The van der Waals surface area contributed by atoms with E-state index in [0.29, 0.717) is 35.0 Å². The van der Waals surface area contributed by atoms with Gasteiger partial charge in [-0.15, -0.1) is 0 Å². The largest absolute Gasteiger partial charge is 0.438 e. The second kappa shape index (κ2) is 11.0. The van der Waals surface area contributed by atoms with Crippen LogP contribution >= 0.6 is 0 Å². The zero-order valence-corrected chi connectivity index (χ0v) is 27.4. The topological polar surface area (TPSA) is 97.5 Å². The van der Waals surface area contributed by atoms with Crippen molar-refractivity contribution in [1.82, 2.24) is 20.1 Å². The first-order chi connectivity index (χ1) is 25.2. The first-order valence-electron chi connectivity index (χ1n) is 17.3. The van der Waals surface area contributed by atoms with Crippen LogP contribution in [0.15, 0.2) is 135 Å². The SMILES string of the molecule is c1ccc(-c2noc(-c3cc(C4CN(c5ccc6oc7ncccc7c6c5)C4)cc(C4CN(c5ccc6oc7ncccc7c6c5)C4)c3)n2)cc1. The molecule has 51 heavy (non-hydrogen) atoms. The maximum absolute atomic E-state index is 5.97. The molecule has 0 unspecified atom stereocenters. The third-order valence-corrected chi connectivity index (χ3v) is 10.6. The minimum Gasteiger partial charge on any atom is -0.438 e. The lowest BCUT2D eigenvalue weighted by atomic mass is 9.83. The molecule has 0 spiro atoms. The molecular formula is C42H30N6O3. The maximum Gasteiger partial charge on any atom is 0.258 e. The third kappa shape index (κ3) is 4.69. The van der Waals surface area contributed by atoms with Crippen molar-refractivity contribution in [3.8, 4) is 22.8 Å². The standard InChI is InChI=1S/C42H30N6O3/c1-2-6-25(7-3-1)39-45-40(51-46-39)28-17-26(29-21-47(22-29)31-10-12-37-35(19-31)33-8-4-14-43-41(33)49-37)16-27(18-28)30-23-48(24-30)32-11-13-38-36(20-32)34-9-5-15-44-42(34)50-38/h1-20,29-30H,21-24H2. The Balaban J connectivity index is 0.892. The fraction of sp³-hybridized carbons (Fsp3) is 0.143. The van der Waals surface area contributed by atoms with Crippen LogP contribution in [0.1, 0.15) is 23.0 Å². The molecule has 9 nitrogen and oxygen atoms in total. The van der Waals surface area contributed by atoms with Crippen molar-refractivity contribution in [2.45, 2.75) is 11.8 Å². The van der Waals surface area contributed by atoms with Crippen LogP contribution in [0.2, 0.25) is 0 Å². The van der Waals surface area contributed by atoms with Gasteiger partial charge in [0.15, 0.2) is 0 Å². The van der Waals surface area contributed by atoms with Crippen molar-refractivity contribution in [3.63, 3.8) is 0 Å². The predicted molar refractivity (Wildman–Crippen MR) is 198 cm³/mol. The summed E-state index contributed by atoms with van der Waals surface area (Å²) in [6.07, 6.45) is 3.54. The Labute approximate surface area is 291 Å². The van der Waals surface area contributed by atoms with Crippen LogP contribution in [0.3, 0.4) is 0 Å². The van der Waals surface area contributed by atoms with E-state index in [1.807, 2.05) is 42.5 Å². The van der Waals surface area contributed by atoms with Crippen LogP contribution in [0.25, 0.3) is 67.0 Å². The Morgan fingerprint density at radius 3 is 1.67 bits per heavy atom. The van der Waals surface area contributed by atoms with Crippen molar-refractivity contribution in [1.29, 1.82) is 0 Å². The first-order valence-corrected chi connectivity index (χ1v) is 17.3. The quantitative estimate of drug-likeness (QED) is 0.172. The Hall–Kier alpha value is -6.48. The highest BCUT2D eigenvalue weighted by Crippen LogP contribution is 2.41. The number of benzene rings is 4. The molecule has 5 aromatic heterocycles. The number of hydrogen-bond acceptors (Lipinski definition) is 9. The molecule has 11 rings (SSSR count). The van der Waals surface area contributed by atoms with Crippen molar-refractivity contribution in [2.75, 3.05) is 36.0 Å². The molecule has 2 saturated heterocycles. The fourth-order valence-corrected chi connectivity index (χ4v) is 7.71. The van der Waals surface area contributed by atoms with E-state index in [2.05, 4.69) is 91.7 Å². The molecule has 0 radical (unpaired) electrons. The summed E-state index contributed by atoms with van der Waals surface area (Å²) in [7, 11) is 0. The van der Waals surface area contributed by atoms with E-state index in [1.54, 1.807) is 12.4 Å². The minimum absolute atomic E-state index is 0.375. The number of fused-ring (bicyclic) bond motifs is 6. The monoisotopic (exact) mass is 666 g/mol. The van der Waals surface area contributed by atoms with Crippen LogP contribution in [-0.2, 0) is 0 Å². The summed E-state index contributed by atoms with van der Waals surface area (Å²) in [5.74, 6) is 1.89. The Morgan fingerprint density at radius 1 is 0.529 bits per heavy atom. The molecule has 246 valence electrons. The van der Waals surface area contributed by atoms with E-state index < -0.39 is 0 Å². The minimum atomic E-state index is 0.375. The average Bonchev–Trinajstić information content (AvgIpc) is 3.87. The normalized spacial score (nSPS) is 15.3. The Kier molecular flexibility index (Phi) is 6.13. The number of pyridine rings is 2. The average molecular weight is 667 g/mol. The van der Waals surface area contributed by atoms with E-state index in [4.69, 9.17) is 18.3 Å². The number of rotatable bonds is 6. The molecule has 0 N–H and O–H groups in total. The highest BCUT2D eigenvalue weighted by molar-refractivity contribution is 6.05. The van der Waals surface area contributed by atoms with Crippen LogP contribution < -0.4 is 9.80 Å². The predicted octanol–water partition coefficient (Wildman–Crippen LogP) is 9.20. The lowest BCUT2D eigenvalue weighted by Gasteiger charge is -2.43. The van der Waals surface area contributed by atoms with Crippen LogP contribution in [0.5, 0.6) is 0 Å². The molecule has 0 saturated carbocycles. The number of hydrogen-bond donors (Lipinski definition) is 0. The van der Waals surface area contributed by atoms with Gasteiger partial charge in [0.2, 0.25) is 17.3 Å². The lowest BCUT2D eigenvalue weighted by Crippen LogP contribution is -2.46. The van der Waals surface area contributed by atoms with E-state index in [1.165, 1.54) is 22.5 Å². The molecule has 2 fully saturated rings. The summed E-state index contributed by atoms with van der Waals surface area (Å²) >= 11 is 0. The van der Waals surface area contributed by atoms with Crippen LogP contribution in [0.4, 0.5) is 11.4 Å². The molecule has 0 atom stereocenters. The highest BCUT2D eigenvalue weighted by Gasteiger charge is 2.33. The number of aromatic nitrogens is 4. The van der Waals surface area contributed by atoms with Gasteiger partial charge in [-0.2, -0.15) is 4.98 Å². The van der Waals surface area contributed by atoms with Gasteiger partial charge in [-0.1, -0.05) is 41.6 Å². The summed E-state index contributed by atoms with van der Waals surface area (Å²) in [6, 6.07) is 37.8. The zero-order chi connectivity index (χ0) is 33.5. The molecule has 9 heteroatoms. The van der Waals surface area contributed by atoms with Crippen LogP contribution in [-0.4, -0.2) is 46.3 Å². The van der Waals surface area contributed by atoms with E-state index in [9.17, 15) is 0 Å². The molecule has 0 amide bonds. The lowest BCUT2D eigenvalue weighted by molar-refractivity contribution is 0.432. The van der Waals surface area contributed by atoms with Gasteiger partial charge < -0.3 is 23.2 Å². The summed E-state index contributed by atoms with van der Waals surface area (Å²) < 4.78 is 17.8. The highest BCUT2D eigenvalue weighted by atomic mass is 16.5. The smallest absolute Gasteiger partial charge is 0.258 e. The summed E-state index contributed by atoms with van der Waals surface area (Å²) in [5, 5.41) is 8.62. The fourth-order valence-electron chi connectivity index (χ4n) is 7.71. The van der Waals surface area contributed by atoms with Gasteiger partial charge in [-0.25, -0.2) is 9.97 Å². The molecule has 4 aromatic carbocycles. The van der Waals surface area contributed by atoms with E-state index in [-0.39, 0.29) is 0 Å². The van der Waals surface area contributed by atoms with Gasteiger partial charge in [0.1, 0.15) is 11.2 Å². The van der Waals surface area contributed by atoms with Gasteiger partial charge in [-0.3, -0.25) is 0 Å². The molecule has 9 aromatic rings. The van der Waals surface area contributed by atoms with Gasteiger partial charge in [0, 0.05) is 94.5 Å². The van der Waals surface area contributed by atoms with Crippen molar-refractivity contribution >= 4 is 55.5 Å². The molecule has 0 bridgehead atoms. The zero-order valence-electron chi connectivity index (χ0n) is 27.4. The second-order valence-electron chi connectivity index (χ2n) is 13.7. The van der Waals surface area contributed by atoms with E-state index >= 15 is 0 Å². The van der Waals surface area contributed by atoms with Gasteiger partial charge in [-0.05, 0) is 83.9 Å². The van der Waals surface area contributed by atoms with Crippen molar-refractivity contribution < 1.29 is 13.4 Å². The molecule has 2 aliphatic rings. The number of nitrogens with zero attached hydrogens (tertiary/aromatic N) is 6. The first kappa shape index (κ1) is 28.4. The van der Waals surface area contributed by atoms with Crippen molar-refractivity contribution in [3.05, 3.63) is 133 Å². The Morgan fingerprint density at radius 2 is 1.10 bits per heavy atom. The maximum atomic E-state index is 5.97. The Bertz CT molecular complexity index is 2610. The summed E-state index contributed by atoms with van der Waals surface area (Å²) in [5.41, 5.74) is 9.96. The van der Waals surface area contributed by atoms with Gasteiger partial charge in [0.25, 0.3) is 5.89 Å². The van der Waals surface area contributed by atoms with Crippen LogP contribution in [0, 0.1) is 0 Å². The summed E-state index contributed by atoms with van der Waals surface area (Å²) in [4.78, 5) is 18.5. The van der Waals surface area contributed by atoms with Gasteiger partial charge in [0.05, 0.1) is 0 Å². The summed E-state index contributed by atoms with van der Waals surface area (Å²) in [6.45, 7) is 3.69. The third-order valence-electron chi connectivity index (χ3n) is 10.6. The van der Waals surface area contributed by atoms with Crippen molar-refractivity contribution in [2.24, 2.45) is 0 Å². The van der Waals surface area contributed by atoms with E-state index in [0.717, 1.165) is 70.0 Å². The van der Waals surface area contributed by atoms with Gasteiger partial charge >= 0.3 is 0 Å². The molecule has 2 aliphatic heterocycles. The molecule has 7 heterocycles. The number of anilines is 2.